The summed E-state index contributed by atoms with van der Waals surface area (Å²) in [6, 6.07) is 0. The van der Waals surface area contributed by atoms with Crippen molar-refractivity contribution in [2.45, 2.75) is 54.4 Å². The highest BCUT2D eigenvalue weighted by atomic mass is 14.5. The molecule has 0 heteroatoms. The van der Waals surface area contributed by atoms with Crippen LogP contribution >= 0.6 is 0 Å². The molecule has 0 aromatic carbocycles. The molecular formula is C13H26. The van der Waals surface area contributed by atoms with E-state index in [0.717, 1.165) is 23.7 Å². The summed E-state index contributed by atoms with van der Waals surface area (Å²) in [6.45, 7) is 14.4. The second-order valence-corrected chi connectivity index (χ2v) is 6.23. The minimum absolute atomic E-state index is 0.610. The van der Waals surface area contributed by atoms with Gasteiger partial charge in [-0.2, -0.15) is 0 Å². The maximum atomic E-state index is 2.47. The molecule has 0 bridgehead atoms. The van der Waals surface area contributed by atoms with Gasteiger partial charge in [-0.3, -0.25) is 0 Å². The third-order valence-electron chi connectivity index (χ3n) is 4.11. The van der Waals surface area contributed by atoms with Crippen molar-refractivity contribution in [3.05, 3.63) is 0 Å². The van der Waals surface area contributed by atoms with Gasteiger partial charge >= 0.3 is 0 Å². The van der Waals surface area contributed by atoms with Gasteiger partial charge in [0, 0.05) is 0 Å². The van der Waals surface area contributed by atoms with Crippen LogP contribution in [0.4, 0.5) is 0 Å². The van der Waals surface area contributed by atoms with Gasteiger partial charge in [0.2, 0.25) is 0 Å². The average molecular weight is 182 g/mol. The topological polar surface area (TPSA) is 0 Å². The Balaban J connectivity index is 2.49. The van der Waals surface area contributed by atoms with E-state index in [0.29, 0.717) is 5.41 Å². The van der Waals surface area contributed by atoms with E-state index in [9.17, 15) is 0 Å². The quantitative estimate of drug-likeness (QED) is 0.608. The molecule has 0 aromatic rings. The fourth-order valence-electron chi connectivity index (χ4n) is 3.16. The first kappa shape index (κ1) is 11.1. The molecule has 0 nitrogen and oxygen atoms in total. The molecule has 1 aliphatic carbocycles. The smallest absolute Gasteiger partial charge is 0.0295 e. The van der Waals surface area contributed by atoms with Crippen molar-refractivity contribution in [1.82, 2.24) is 0 Å². The van der Waals surface area contributed by atoms with E-state index in [1.807, 2.05) is 0 Å². The first-order valence-electron chi connectivity index (χ1n) is 5.85. The maximum Gasteiger partial charge on any atom is -0.0295 e. The average Bonchev–Trinajstić information content (AvgIpc) is 1.96. The zero-order valence-electron chi connectivity index (χ0n) is 10.2. The Hall–Kier alpha value is 0. The normalized spacial score (nSPS) is 32.3. The molecule has 0 aromatic heterocycles. The van der Waals surface area contributed by atoms with E-state index in [1.165, 1.54) is 12.8 Å². The Bertz CT molecular complexity index is 165. The van der Waals surface area contributed by atoms with E-state index >= 15 is 0 Å². The predicted octanol–water partition coefficient (Wildman–Crippen LogP) is 4.35. The first-order chi connectivity index (χ1) is 5.85. The number of hydrogen-bond acceptors (Lipinski definition) is 0. The Kier molecular flexibility index (Phi) is 3.09. The van der Waals surface area contributed by atoms with Crippen molar-refractivity contribution in [2.75, 3.05) is 0 Å². The van der Waals surface area contributed by atoms with Crippen molar-refractivity contribution in [2.24, 2.45) is 29.1 Å². The summed E-state index contributed by atoms with van der Waals surface area (Å²) in [5.74, 6) is 3.70. The second kappa shape index (κ2) is 3.63. The summed E-state index contributed by atoms with van der Waals surface area (Å²) < 4.78 is 0. The van der Waals surface area contributed by atoms with Crippen LogP contribution in [0.15, 0.2) is 0 Å². The van der Waals surface area contributed by atoms with E-state index in [2.05, 4.69) is 41.5 Å². The molecule has 13 heavy (non-hydrogen) atoms. The summed E-state index contributed by atoms with van der Waals surface area (Å²) in [6.07, 6.45) is 2.90. The van der Waals surface area contributed by atoms with Gasteiger partial charge in [0.25, 0.3) is 0 Å². The molecule has 2 unspecified atom stereocenters. The molecule has 78 valence electrons. The zero-order chi connectivity index (χ0) is 10.2. The molecular weight excluding hydrogens is 156 g/mol. The minimum atomic E-state index is 0.610. The highest BCUT2D eigenvalue weighted by Gasteiger charge is 2.48. The lowest BCUT2D eigenvalue weighted by molar-refractivity contribution is -0.0586. The monoisotopic (exact) mass is 182 g/mol. The Morgan fingerprint density at radius 2 is 1.69 bits per heavy atom. The third kappa shape index (κ3) is 2.08. The second-order valence-electron chi connectivity index (χ2n) is 6.23. The summed E-state index contributed by atoms with van der Waals surface area (Å²) in [5, 5.41) is 0. The van der Waals surface area contributed by atoms with Crippen LogP contribution in [0.5, 0.6) is 0 Å². The highest BCUT2D eigenvalue weighted by Crippen LogP contribution is 2.56. The fraction of sp³-hybridized carbons (Fsp3) is 1.00. The van der Waals surface area contributed by atoms with Crippen molar-refractivity contribution < 1.29 is 0 Å². The lowest BCUT2D eigenvalue weighted by Gasteiger charge is -2.55. The molecule has 0 aliphatic heterocycles. The van der Waals surface area contributed by atoms with Crippen LogP contribution in [0.25, 0.3) is 0 Å². The predicted molar refractivity (Wildman–Crippen MR) is 59.7 cm³/mol. The van der Waals surface area contributed by atoms with Gasteiger partial charge in [-0.05, 0) is 41.9 Å². The Morgan fingerprint density at radius 1 is 1.15 bits per heavy atom. The minimum Gasteiger partial charge on any atom is -0.0628 e. The van der Waals surface area contributed by atoms with Gasteiger partial charge in [0.15, 0.2) is 0 Å². The molecule has 0 radical (unpaired) electrons. The van der Waals surface area contributed by atoms with Gasteiger partial charge in [-0.1, -0.05) is 41.5 Å². The molecule has 0 heterocycles. The lowest BCUT2D eigenvalue weighted by atomic mass is 9.50. The molecule has 0 spiro atoms. The van der Waals surface area contributed by atoms with Crippen molar-refractivity contribution in [3.63, 3.8) is 0 Å². The number of hydrogen-bond donors (Lipinski definition) is 0. The van der Waals surface area contributed by atoms with Crippen LogP contribution in [0.2, 0.25) is 0 Å². The molecule has 1 fully saturated rings. The largest absolute Gasteiger partial charge is 0.0628 e. The van der Waals surface area contributed by atoms with E-state index in [1.54, 1.807) is 0 Å². The fourth-order valence-corrected chi connectivity index (χ4v) is 3.16. The number of rotatable bonds is 3. The van der Waals surface area contributed by atoms with Gasteiger partial charge < -0.3 is 0 Å². The van der Waals surface area contributed by atoms with Gasteiger partial charge in [-0.15, -0.1) is 0 Å². The maximum absolute atomic E-state index is 2.47. The van der Waals surface area contributed by atoms with Crippen LogP contribution in [0.1, 0.15) is 54.4 Å². The highest BCUT2D eigenvalue weighted by molar-refractivity contribution is 4.97. The van der Waals surface area contributed by atoms with E-state index in [-0.39, 0.29) is 0 Å². The van der Waals surface area contributed by atoms with E-state index in [4.69, 9.17) is 0 Å². The molecule has 1 saturated carbocycles. The summed E-state index contributed by atoms with van der Waals surface area (Å²) in [7, 11) is 0. The van der Waals surface area contributed by atoms with Crippen molar-refractivity contribution in [3.8, 4) is 0 Å². The third-order valence-corrected chi connectivity index (χ3v) is 4.11. The molecule has 1 rings (SSSR count). The van der Waals surface area contributed by atoms with Gasteiger partial charge in [0.1, 0.15) is 0 Å². The molecule has 1 aliphatic rings. The standard InChI is InChI=1S/C13H26/c1-9(2)7-11-8-12(10(3)4)13(11,5)6/h9-12H,7-8H2,1-6H3. The lowest BCUT2D eigenvalue weighted by Crippen LogP contribution is -2.47. The Morgan fingerprint density at radius 3 is 2.00 bits per heavy atom. The SMILES string of the molecule is CC(C)CC1CC(C(C)C)C1(C)C. The van der Waals surface area contributed by atoms with Gasteiger partial charge in [-0.25, -0.2) is 0 Å². The van der Waals surface area contributed by atoms with Crippen LogP contribution in [0, 0.1) is 29.1 Å². The summed E-state index contributed by atoms with van der Waals surface area (Å²) >= 11 is 0. The molecule has 0 amide bonds. The van der Waals surface area contributed by atoms with Crippen molar-refractivity contribution in [1.29, 1.82) is 0 Å². The summed E-state index contributed by atoms with van der Waals surface area (Å²) in [4.78, 5) is 0. The zero-order valence-corrected chi connectivity index (χ0v) is 10.2. The van der Waals surface area contributed by atoms with Crippen molar-refractivity contribution >= 4 is 0 Å². The van der Waals surface area contributed by atoms with Crippen LogP contribution in [0.3, 0.4) is 0 Å². The van der Waals surface area contributed by atoms with Crippen LogP contribution < -0.4 is 0 Å². The van der Waals surface area contributed by atoms with E-state index < -0.39 is 0 Å². The molecule has 2 atom stereocenters. The Labute approximate surface area is 84.1 Å². The molecule has 0 N–H and O–H groups in total. The molecule has 0 saturated heterocycles. The van der Waals surface area contributed by atoms with Crippen LogP contribution in [-0.4, -0.2) is 0 Å². The van der Waals surface area contributed by atoms with Gasteiger partial charge in [0.05, 0.1) is 0 Å². The first-order valence-corrected chi connectivity index (χ1v) is 5.85. The van der Waals surface area contributed by atoms with Crippen LogP contribution in [-0.2, 0) is 0 Å². The summed E-state index contributed by atoms with van der Waals surface area (Å²) in [5.41, 5.74) is 0.610.